The van der Waals surface area contributed by atoms with Gasteiger partial charge in [-0.15, -0.1) is 11.3 Å². The Kier molecular flexibility index (Phi) is 3.12. The van der Waals surface area contributed by atoms with E-state index in [-0.39, 0.29) is 5.82 Å². The summed E-state index contributed by atoms with van der Waals surface area (Å²) < 4.78 is 13.8. The first-order valence-corrected chi connectivity index (χ1v) is 6.73. The van der Waals surface area contributed by atoms with Crippen LogP contribution < -0.4 is 5.32 Å². The molecule has 0 spiro atoms. The van der Waals surface area contributed by atoms with Gasteiger partial charge in [0.25, 0.3) is 0 Å². The molecule has 0 atom stereocenters. The first kappa shape index (κ1) is 12.6. The fourth-order valence-corrected chi connectivity index (χ4v) is 2.89. The molecule has 3 aromatic rings. The minimum absolute atomic E-state index is 0.294. The lowest BCUT2D eigenvalue weighted by Gasteiger charge is -2.07. The summed E-state index contributed by atoms with van der Waals surface area (Å²) in [6.07, 6.45) is 0. The lowest BCUT2D eigenvalue weighted by atomic mass is 10.2. The third-order valence-corrected chi connectivity index (χ3v) is 3.98. The van der Waals surface area contributed by atoms with E-state index in [9.17, 15) is 9.18 Å². The number of anilines is 2. The highest BCUT2D eigenvalue weighted by atomic mass is 32.1. The zero-order valence-corrected chi connectivity index (χ0v) is 11.1. The smallest absolute Gasteiger partial charge is 0.345 e. The van der Waals surface area contributed by atoms with Gasteiger partial charge in [-0.25, -0.2) is 9.18 Å². The molecular weight excluding hydrogens is 277 g/mol. The van der Waals surface area contributed by atoms with E-state index in [0.717, 1.165) is 21.5 Å². The number of aromatic carboxylic acids is 1. The molecule has 0 aliphatic rings. The van der Waals surface area contributed by atoms with Gasteiger partial charge in [-0.2, -0.15) is 0 Å². The second kappa shape index (κ2) is 4.94. The Morgan fingerprint density at radius 3 is 2.60 bits per heavy atom. The summed E-state index contributed by atoms with van der Waals surface area (Å²) in [5.41, 5.74) is 1.56. The number of fused-ring (bicyclic) bond motifs is 1. The van der Waals surface area contributed by atoms with Crippen LogP contribution in [0, 0.1) is 5.82 Å². The summed E-state index contributed by atoms with van der Waals surface area (Å²) in [4.78, 5) is 11.3. The quantitative estimate of drug-likeness (QED) is 0.746. The van der Waals surface area contributed by atoms with E-state index in [1.54, 1.807) is 18.2 Å². The lowest BCUT2D eigenvalue weighted by molar-refractivity contribution is 0.0702. The molecule has 0 aliphatic carbocycles. The Balaban J connectivity index is 2.02. The normalized spacial score (nSPS) is 10.7. The maximum absolute atomic E-state index is 12.9. The molecule has 0 amide bonds. The van der Waals surface area contributed by atoms with Crippen molar-refractivity contribution < 1.29 is 14.3 Å². The van der Waals surface area contributed by atoms with Gasteiger partial charge in [0.1, 0.15) is 10.7 Å². The third-order valence-electron chi connectivity index (χ3n) is 2.90. The van der Waals surface area contributed by atoms with E-state index in [0.29, 0.717) is 4.88 Å². The lowest BCUT2D eigenvalue weighted by Crippen LogP contribution is -1.91. The monoisotopic (exact) mass is 287 g/mol. The van der Waals surface area contributed by atoms with Crippen LogP contribution in [0.3, 0.4) is 0 Å². The molecule has 1 heterocycles. The molecule has 3 nitrogen and oxygen atoms in total. The number of benzene rings is 2. The number of carboxylic acid groups (broad SMARTS) is 1. The second-order valence-electron chi connectivity index (χ2n) is 4.27. The summed E-state index contributed by atoms with van der Waals surface area (Å²) in [6, 6.07) is 13.3. The Labute approximate surface area is 118 Å². The molecule has 2 aromatic carbocycles. The van der Waals surface area contributed by atoms with E-state index < -0.39 is 5.97 Å². The fraction of sp³-hybridized carbons (Fsp3) is 0. The molecule has 1 aromatic heterocycles. The molecule has 20 heavy (non-hydrogen) atoms. The average Bonchev–Trinajstić information content (AvgIpc) is 2.87. The van der Waals surface area contributed by atoms with E-state index in [1.807, 2.05) is 18.2 Å². The topological polar surface area (TPSA) is 49.3 Å². The van der Waals surface area contributed by atoms with Crippen LogP contribution in [0.25, 0.3) is 10.1 Å². The molecule has 0 aliphatic heterocycles. The van der Waals surface area contributed by atoms with Crippen molar-refractivity contribution in [2.45, 2.75) is 0 Å². The molecule has 0 bridgehead atoms. The number of carboxylic acids is 1. The van der Waals surface area contributed by atoms with Gasteiger partial charge in [0.05, 0.1) is 0 Å². The van der Waals surface area contributed by atoms with Crippen molar-refractivity contribution in [3.63, 3.8) is 0 Å². The molecular formula is C15H10FNO2S. The largest absolute Gasteiger partial charge is 0.477 e. The first-order chi connectivity index (χ1) is 9.63. The third kappa shape index (κ3) is 2.35. The molecule has 5 heteroatoms. The van der Waals surface area contributed by atoms with E-state index in [2.05, 4.69) is 5.32 Å². The zero-order chi connectivity index (χ0) is 14.1. The van der Waals surface area contributed by atoms with Crippen LogP contribution >= 0.6 is 11.3 Å². The molecule has 0 radical (unpaired) electrons. The summed E-state index contributed by atoms with van der Waals surface area (Å²) in [5, 5.41) is 13.1. The van der Waals surface area contributed by atoms with Crippen molar-refractivity contribution >= 4 is 38.8 Å². The highest BCUT2D eigenvalue weighted by molar-refractivity contribution is 7.20. The van der Waals surface area contributed by atoms with Crippen LogP contribution in [-0.2, 0) is 0 Å². The van der Waals surface area contributed by atoms with Crippen molar-refractivity contribution in [2.24, 2.45) is 0 Å². The number of nitrogens with one attached hydrogen (secondary N) is 1. The standard InChI is InChI=1S/C15H10FNO2S/c16-9-4-6-10(7-5-9)17-12-2-1-3-13-11(12)8-14(20-13)15(18)19/h1-8,17H,(H,18,19). The summed E-state index contributed by atoms with van der Waals surface area (Å²) in [6.45, 7) is 0. The minimum atomic E-state index is -0.932. The number of halogens is 1. The Morgan fingerprint density at radius 2 is 1.90 bits per heavy atom. The summed E-state index contributed by atoms with van der Waals surface area (Å²) >= 11 is 1.23. The van der Waals surface area contributed by atoms with Gasteiger partial charge in [0.15, 0.2) is 0 Å². The maximum atomic E-state index is 12.9. The van der Waals surface area contributed by atoms with Gasteiger partial charge in [-0.3, -0.25) is 0 Å². The second-order valence-corrected chi connectivity index (χ2v) is 5.35. The van der Waals surface area contributed by atoms with Crippen molar-refractivity contribution in [3.05, 3.63) is 59.2 Å². The first-order valence-electron chi connectivity index (χ1n) is 5.92. The highest BCUT2D eigenvalue weighted by Crippen LogP contribution is 2.32. The van der Waals surface area contributed by atoms with E-state index >= 15 is 0 Å². The predicted molar refractivity (Wildman–Crippen MR) is 78.5 cm³/mol. The molecule has 0 saturated heterocycles. The van der Waals surface area contributed by atoms with Gasteiger partial charge in [-0.05, 0) is 42.5 Å². The SMILES string of the molecule is O=C(O)c1cc2c(Nc3ccc(F)cc3)cccc2s1. The van der Waals surface area contributed by atoms with Crippen LogP contribution in [0.5, 0.6) is 0 Å². The van der Waals surface area contributed by atoms with Gasteiger partial charge in [0, 0.05) is 21.5 Å². The summed E-state index contributed by atoms with van der Waals surface area (Å²) in [7, 11) is 0. The number of carbonyl (C=O) groups is 1. The predicted octanol–water partition coefficient (Wildman–Crippen LogP) is 4.48. The van der Waals surface area contributed by atoms with Gasteiger partial charge >= 0.3 is 5.97 Å². The van der Waals surface area contributed by atoms with Gasteiger partial charge < -0.3 is 10.4 Å². The number of hydrogen-bond donors (Lipinski definition) is 2. The molecule has 3 rings (SSSR count). The van der Waals surface area contributed by atoms with Crippen LogP contribution in [0.4, 0.5) is 15.8 Å². The molecule has 0 fully saturated rings. The maximum Gasteiger partial charge on any atom is 0.345 e. The van der Waals surface area contributed by atoms with Crippen LogP contribution in [0.15, 0.2) is 48.5 Å². The van der Waals surface area contributed by atoms with Crippen molar-refractivity contribution in [1.29, 1.82) is 0 Å². The van der Waals surface area contributed by atoms with Gasteiger partial charge in [-0.1, -0.05) is 6.07 Å². The fourth-order valence-electron chi connectivity index (χ4n) is 1.96. The molecule has 100 valence electrons. The van der Waals surface area contributed by atoms with Gasteiger partial charge in [0.2, 0.25) is 0 Å². The van der Waals surface area contributed by atoms with E-state index in [4.69, 9.17) is 5.11 Å². The van der Waals surface area contributed by atoms with Crippen LogP contribution in [0.2, 0.25) is 0 Å². The molecule has 2 N–H and O–H groups in total. The summed E-state index contributed by atoms with van der Waals surface area (Å²) in [5.74, 6) is -1.23. The van der Waals surface area contributed by atoms with Crippen LogP contribution in [-0.4, -0.2) is 11.1 Å². The Bertz CT molecular complexity index is 780. The minimum Gasteiger partial charge on any atom is -0.477 e. The molecule has 0 saturated carbocycles. The Morgan fingerprint density at radius 1 is 1.15 bits per heavy atom. The number of rotatable bonds is 3. The average molecular weight is 287 g/mol. The van der Waals surface area contributed by atoms with E-state index in [1.165, 1.54) is 23.5 Å². The van der Waals surface area contributed by atoms with Crippen molar-refractivity contribution in [1.82, 2.24) is 0 Å². The van der Waals surface area contributed by atoms with Crippen molar-refractivity contribution in [3.8, 4) is 0 Å². The van der Waals surface area contributed by atoms with Crippen LogP contribution in [0.1, 0.15) is 9.67 Å². The highest BCUT2D eigenvalue weighted by Gasteiger charge is 2.11. The zero-order valence-electron chi connectivity index (χ0n) is 10.3. The number of thiophene rings is 1. The molecule has 0 unspecified atom stereocenters. The Hall–Kier alpha value is -2.40. The van der Waals surface area contributed by atoms with Crippen molar-refractivity contribution in [2.75, 3.05) is 5.32 Å². The number of hydrogen-bond acceptors (Lipinski definition) is 3.